The van der Waals surface area contributed by atoms with Crippen LogP contribution in [0.1, 0.15) is 18.9 Å². The van der Waals surface area contributed by atoms with E-state index in [-0.39, 0.29) is 11.7 Å². The summed E-state index contributed by atoms with van der Waals surface area (Å²) in [6, 6.07) is 6.11. The molecule has 0 heterocycles. The van der Waals surface area contributed by atoms with Crippen LogP contribution in [-0.4, -0.2) is 28.7 Å². The molecule has 0 saturated heterocycles. The van der Waals surface area contributed by atoms with Crippen LogP contribution in [0, 0.1) is 5.82 Å². The molecule has 1 atom stereocenters. The zero-order chi connectivity index (χ0) is 14.3. The smallest absolute Gasteiger partial charge is 0.244 e. The molecule has 19 heavy (non-hydrogen) atoms. The molecule has 0 spiro atoms. The lowest BCUT2D eigenvalue weighted by molar-refractivity contribution is -0.116. The number of hydrogen-bond donors (Lipinski definition) is 1. The summed E-state index contributed by atoms with van der Waals surface area (Å²) in [5, 5.41) is 2.71. The SMILES string of the molecule is C/C(=C/C(=O)NCCC[S@@](C)=O)c1cccc(F)c1. The second-order valence-corrected chi connectivity index (χ2v) is 5.81. The van der Waals surface area contributed by atoms with Crippen molar-refractivity contribution in [3.8, 4) is 0 Å². The van der Waals surface area contributed by atoms with Gasteiger partial charge < -0.3 is 5.32 Å². The third-order valence-electron chi connectivity index (χ3n) is 2.54. The van der Waals surface area contributed by atoms with Crippen LogP contribution in [0.15, 0.2) is 30.3 Å². The zero-order valence-electron chi connectivity index (χ0n) is 11.1. The van der Waals surface area contributed by atoms with Crippen LogP contribution < -0.4 is 5.32 Å². The number of amides is 1. The minimum Gasteiger partial charge on any atom is -0.353 e. The van der Waals surface area contributed by atoms with Gasteiger partial charge in [0.15, 0.2) is 0 Å². The summed E-state index contributed by atoms with van der Waals surface area (Å²) in [5.41, 5.74) is 1.39. The summed E-state index contributed by atoms with van der Waals surface area (Å²) in [5.74, 6) is 0.0343. The van der Waals surface area contributed by atoms with E-state index in [9.17, 15) is 13.4 Å². The van der Waals surface area contributed by atoms with Gasteiger partial charge in [-0.15, -0.1) is 0 Å². The highest BCUT2D eigenvalue weighted by molar-refractivity contribution is 7.84. The Hall–Kier alpha value is -1.49. The van der Waals surface area contributed by atoms with Crippen molar-refractivity contribution >= 4 is 22.3 Å². The molecular weight excluding hydrogens is 265 g/mol. The van der Waals surface area contributed by atoms with Gasteiger partial charge in [0.1, 0.15) is 5.82 Å². The van der Waals surface area contributed by atoms with Crippen LogP contribution in [0.4, 0.5) is 4.39 Å². The predicted molar refractivity (Wildman–Crippen MR) is 76.6 cm³/mol. The van der Waals surface area contributed by atoms with Gasteiger partial charge in [-0.05, 0) is 36.6 Å². The quantitative estimate of drug-likeness (QED) is 0.642. The molecule has 3 nitrogen and oxygen atoms in total. The molecule has 0 saturated carbocycles. The molecule has 0 unspecified atom stereocenters. The highest BCUT2D eigenvalue weighted by Crippen LogP contribution is 2.14. The maximum atomic E-state index is 13.0. The first-order valence-electron chi connectivity index (χ1n) is 6.01. The van der Waals surface area contributed by atoms with Gasteiger partial charge in [0.05, 0.1) is 0 Å². The van der Waals surface area contributed by atoms with E-state index < -0.39 is 10.8 Å². The first-order valence-corrected chi connectivity index (χ1v) is 7.74. The van der Waals surface area contributed by atoms with Crippen LogP contribution in [0.3, 0.4) is 0 Å². The molecule has 5 heteroatoms. The van der Waals surface area contributed by atoms with Crippen molar-refractivity contribution < 1.29 is 13.4 Å². The third-order valence-corrected chi connectivity index (χ3v) is 3.40. The Kier molecular flexibility index (Phi) is 6.42. The van der Waals surface area contributed by atoms with Crippen molar-refractivity contribution in [2.24, 2.45) is 0 Å². The van der Waals surface area contributed by atoms with Crippen LogP contribution >= 0.6 is 0 Å². The molecule has 1 aromatic rings. The Morgan fingerprint density at radius 1 is 1.47 bits per heavy atom. The molecule has 0 aliphatic rings. The summed E-state index contributed by atoms with van der Waals surface area (Å²) in [6.07, 6.45) is 3.76. The maximum Gasteiger partial charge on any atom is 0.244 e. The lowest BCUT2D eigenvalue weighted by atomic mass is 10.1. The Bertz CT molecular complexity index is 500. The van der Waals surface area contributed by atoms with Crippen LogP contribution in [-0.2, 0) is 15.6 Å². The molecule has 0 aliphatic heterocycles. The lowest BCUT2D eigenvalue weighted by Crippen LogP contribution is -2.23. The molecule has 1 rings (SSSR count). The minimum atomic E-state index is -0.832. The maximum absolute atomic E-state index is 13.0. The van der Waals surface area contributed by atoms with Gasteiger partial charge in [0, 0.05) is 35.4 Å². The molecule has 1 N–H and O–H groups in total. The molecule has 0 fully saturated rings. The van der Waals surface area contributed by atoms with Crippen molar-refractivity contribution in [1.82, 2.24) is 5.32 Å². The first-order chi connectivity index (χ1) is 8.99. The summed E-state index contributed by atoms with van der Waals surface area (Å²) in [7, 11) is -0.832. The zero-order valence-corrected chi connectivity index (χ0v) is 11.9. The molecule has 1 aromatic carbocycles. The van der Waals surface area contributed by atoms with E-state index in [1.165, 1.54) is 18.2 Å². The predicted octanol–water partition coefficient (Wildman–Crippen LogP) is 2.11. The normalized spacial score (nSPS) is 13.1. The summed E-state index contributed by atoms with van der Waals surface area (Å²) < 4.78 is 23.9. The summed E-state index contributed by atoms with van der Waals surface area (Å²) in [6.45, 7) is 2.25. The van der Waals surface area contributed by atoms with E-state index in [0.717, 1.165) is 0 Å². The van der Waals surface area contributed by atoms with E-state index in [2.05, 4.69) is 5.32 Å². The molecule has 1 amide bonds. The van der Waals surface area contributed by atoms with Crippen LogP contribution in [0.2, 0.25) is 0 Å². The molecule has 0 bridgehead atoms. The molecule has 0 aliphatic carbocycles. The Morgan fingerprint density at radius 3 is 2.84 bits per heavy atom. The van der Waals surface area contributed by atoms with Crippen LogP contribution in [0.5, 0.6) is 0 Å². The van der Waals surface area contributed by atoms with E-state index >= 15 is 0 Å². The van der Waals surface area contributed by atoms with Crippen molar-refractivity contribution in [2.45, 2.75) is 13.3 Å². The van der Waals surface area contributed by atoms with Crippen molar-refractivity contribution in [3.05, 3.63) is 41.7 Å². The standard InChI is InChI=1S/C14H18FNO2S/c1-11(12-5-3-6-13(15)10-12)9-14(17)16-7-4-8-19(2)18/h3,5-6,9-10H,4,7-8H2,1-2H3,(H,16,17)/b11-9-/t19-/m1/s1. The fourth-order valence-electron chi connectivity index (χ4n) is 1.55. The number of halogens is 1. The Balaban J connectivity index is 2.49. The monoisotopic (exact) mass is 283 g/mol. The Morgan fingerprint density at radius 2 is 2.21 bits per heavy atom. The van der Waals surface area contributed by atoms with Crippen molar-refractivity contribution in [1.29, 1.82) is 0 Å². The molecule has 0 radical (unpaired) electrons. The van der Waals surface area contributed by atoms with Crippen molar-refractivity contribution in [2.75, 3.05) is 18.6 Å². The highest BCUT2D eigenvalue weighted by atomic mass is 32.2. The molecule has 0 aromatic heterocycles. The van der Waals surface area contributed by atoms with Gasteiger partial charge in [0.25, 0.3) is 0 Å². The van der Waals surface area contributed by atoms with Crippen molar-refractivity contribution in [3.63, 3.8) is 0 Å². The number of allylic oxidation sites excluding steroid dienone is 1. The van der Waals surface area contributed by atoms with Gasteiger partial charge in [-0.3, -0.25) is 9.00 Å². The van der Waals surface area contributed by atoms with Gasteiger partial charge in [-0.2, -0.15) is 0 Å². The number of rotatable bonds is 6. The second-order valence-electron chi connectivity index (χ2n) is 4.26. The number of carbonyl (C=O) groups is 1. The largest absolute Gasteiger partial charge is 0.353 e. The highest BCUT2D eigenvalue weighted by Gasteiger charge is 2.01. The van der Waals surface area contributed by atoms with E-state index in [4.69, 9.17) is 0 Å². The van der Waals surface area contributed by atoms with E-state index in [1.54, 1.807) is 25.3 Å². The number of hydrogen-bond acceptors (Lipinski definition) is 2. The molecule has 104 valence electrons. The van der Waals surface area contributed by atoms with Gasteiger partial charge in [-0.25, -0.2) is 4.39 Å². The number of benzene rings is 1. The van der Waals surface area contributed by atoms with Gasteiger partial charge in [-0.1, -0.05) is 12.1 Å². The van der Waals surface area contributed by atoms with E-state index in [0.29, 0.717) is 29.9 Å². The number of carbonyl (C=O) groups excluding carboxylic acids is 1. The average molecular weight is 283 g/mol. The third kappa shape index (κ3) is 6.29. The molecular formula is C14H18FNO2S. The summed E-state index contributed by atoms with van der Waals surface area (Å²) in [4.78, 5) is 11.6. The van der Waals surface area contributed by atoms with Crippen LogP contribution in [0.25, 0.3) is 5.57 Å². The lowest BCUT2D eigenvalue weighted by Gasteiger charge is -2.04. The second kappa shape index (κ2) is 7.84. The van der Waals surface area contributed by atoms with Gasteiger partial charge >= 0.3 is 0 Å². The minimum absolute atomic E-state index is 0.219. The van der Waals surface area contributed by atoms with E-state index in [1.807, 2.05) is 0 Å². The number of nitrogens with one attached hydrogen (secondary N) is 1. The fraction of sp³-hybridized carbons (Fsp3) is 0.357. The summed E-state index contributed by atoms with van der Waals surface area (Å²) >= 11 is 0. The topological polar surface area (TPSA) is 46.2 Å². The average Bonchev–Trinajstić information content (AvgIpc) is 2.34. The first kappa shape index (κ1) is 15.6. The fourth-order valence-corrected chi connectivity index (χ4v) is 2.10. The Labute approximate surface area is 115 Å². The van der Waals surface area contributed by atoms with Gasteiger partial charge in [0.2, 0.25) is 5.91 Å².